The molecule has 0 spiro atoms. The predicted octanol–water partition coefficient (Wildman–Crippen LogP) is 3.98. The van der Waals surface area contributed by atoms with Crippen LogP contribution in [0.4, 0.5) is 0 Å². The number of halogens is 1. The standard InChI is InChI=1S/C15H13ClO/c1-11-2-4-12(5-3-11)15(10-17)13-6-8-14(16)9-7-13/h2-10,15H,1H3. The summed E-state index contributed by atoms with van der Waals surface area (Å²) in [6, 6.07) is 15.4. The van der Waals surface area contributed by atoms with Crippen molar-refractivity contribution < 1.29 is 4.79 Å². The van der Waals surface area contributed by atoms with Crippen molar-refractivity contribution in [1.29, 1.82) is 0 Å². The molecule has 1 nitrogen and oxygen atoms in total. The van der Waals surface area contributed by atoms with E-state index in [-0.39, 0.29) is 5.92 Å². The minimum atomic E-state index is -0.215. The number of rotatable bonds is 3. The number of carbonyl (C=O) groups excluding carboxylic acids is 1. The van der Waals surface area contributed by atoms with Crippen LogP contribution in [0, 0.1) is 6.92 Å². The maximum atomic E-state index is 11.2. The van der Waals surface area contributed by atoms with E-state index in [1.807, 2.05) is 55.5 Å². The highest BCUT2D eigenvalue weighted by atomic mass is 35.5. The SMILES string of the molecule is Cc1ccc(C(C=O)c2ccc(Cl)cc2)cc1. The number of carbonyl (C=O) groups is 1. The quantitative estimate of drug-likeness (QED) is 0.747. The van der Waals surface area contributed by atoms with Crippen LogP contribution in [0.25, 0.3) is 0 Å². The summed E-state index contributed by atoms with van der Waals surface area (Å²) >= 11 is 5.84. The van der Waals surface area contributed by atoms with Crippen molar-refractivity contribution >= 4 is 17.9 Å². The van der Waals surface area contributed by atoms with Crippen molar-refractivity contribution in [1.82, 2.24) is 0 Å². The van der Waals surface area contributed by atoms with Crippen LogP contribution in [0.1, 0.15) is 22.6 Å². The molecule has 2 aromatic carbocycles. The van der Waals surface area contributed by atoms with Gasteiger partial charge in [-0.15, -0.1) is 0 Å². The van der Waals surface area contributed by atoms with Crippen molar-refractivity contribution in [2.24, 2.45) is 0 Å². The molecule has 86 valence electrons. The van der Waals surface area contributed by atoms with Gasteiger partial charge in [0.05, 0.1) is 5.92 Å². The molecule has 17 heavy (non-hydrogen) atoms. The second-order valence-electron chi connectivity index (χ2n) is 4.08. The molecule has 0 bridgehead atoms. The van der Waals surface area contributed by atoms with Crippen molar-refractivity contribution in [3.63, 3.8) is 0 Å². The van der Waals surface area contributed by atoms with Gasteiger partial charge >= 0.3 is 0 Å². The van der Waals surface area contributed by atoms with Crippen LogP contribution in [-0.2, 0) is 4.79 Å². The molecule has 0 heterocycles. The fraction of sp³-hybridized carbons (Fsp3) is 0.133. The molecule has 0 aromatic heterocycles. The van der Waals surface area contributed by atoms with Crippen molar-refractivity contribution in [2.45, 2.75) is 12.8 Å². The number of benzene rings is 2. The first-order valence-electron chi connectivity index (χ1n) is 5.48. The summed E-state index contributed by atoms with van der Waals surface area (Å²) in [5.74, 6) is -0.215. The molecule has 2 heteroatoms. The Kier molecular flexibility index (Phi) is 3.60. The molecule has 1 unspecified atom stereocenters. The third-order valence-corrected chi connectivity index (χ3v) is 3.05. The average Bonchev–Trinajstić information content (AvgIpc) is 2.35. The van der Waals surface area contributed by atoms with Crippen LogP contribution in [-0.4, -0.2) is 6.29 Å². The highest BCUT2D eigenvalue weighted by Crippen LogP contribution is 2.24. The highest BCUT2D eigenvalue weighted by Gasteiger charge is 2.12. The Morgan fingerprint density at radius 2 is 1.41 bits per heavy atom. The van der Waals surface area contributed by atoms with E-state index in [4.69, 9.17) is 11.6 Å². The lowest BCUT2D eigenvalue weighted by Gasteiger charge is -2.11. The third kappa shape index (κ3) is 2.75. The van der Waals surface area contributed by atoms with E-state index in [0.29, 0.717) is 5.02 Å². The summed E-state index contributed by atoms with van der Waals surface area (Å²) in [7, 11) is 0. The van der Waals surface area contributed by atoms with Crippen molar-refractivity contribution in [2.75, 3.05) is 0 Å². The Morgan fingerprint density at radius 3 is 1.88 bits per heavy atom. The van der Waals surface area contributed by atoms with Gasteiger partial charge in [0, 0.05) is 5.02 Å². The molecule has 0 radical (unpaired) electrons. The monoisotopic (exact) mass is 244 g/mol. The van der Waals surface area contributed by atoms with E-state index in [9.17, 15) is 4.79 Å². The van der Waals surface area contributed by atoms with E-state index in [1.54, 1.807) is 0 Å². The zero-order valence-electron chi connectivity index (χ0n) is 9.56. The number of aldehydes is 1. The van der Waals surface area contributed by atoms with Crippen LogP contribution < -0.4 is 0 Å². The van der Waals surface area contributed by atoms with Crippen LogP contribution in [0.5, 0.6) is 0 Å². The number of hydrogen-bond donors (Lipinski definition) is 0. The van der Waals surface area contributed by atoms with Gasteiger partial charge in [-0.25, -0.2) is 0 Å². The van der Waals surface area contributed by atoms with Gasteiger partial charge in [0.2, 0.25) is 0 Å². The molecule has 0 saturated carbocycles. The lowest BCUT2D eigenvalue weighted by Crippen LogP contribution is -2.02. The minimum absolute atomic E-state index is 0.215. The molecule has 1 atom stereocenters. The largest absolute Gasteiger partial charge is 0.302 e. The van der Waals surface area contributed by atoms with Crippen molar-refractivity contribution in [3.05, 3.63) is 70.2 Å². The summed E-state index contributed by atoms with van der Waals surface area (Å²) in [6.45, 7) is 2.03. The third-order valence-electron chi connectivity index (χ3n) is 2.80. The molecular weight excluding hydrogens is 232 g/mol. The summed E-state index contributed by atoms with van der Waals surface area (Å²) in [4.78, 5) is 11.2. The van der Waals surface area contributed by atoms with Crippen LogP contribution in [0.3, 0.4) is 0 Å². The predicted molar refractivity (Wildman–Crippen MR) is 70.5 cm³/mol. The Hall–Kier alpha value is -1.60. The maximum Gasteiger partial charge on any atom is 0.131 e. The Morgan fingerprint density at radius 1 is 0.941 bits per heavy atom. The van der Waals surface area contributed by atoms with Gasteiger partial charge in [-0.2, -0.15) is 0 Å². The van der Waals surface area contributed by atoms with Gasteiger partial charge in [-0.05, 0) is 30.2 Å². The van der Waals surface area contributed by atoms with Gasteiger partial charge < -0.3 is 4.79 Å². The smallest absolute Gasteiger partial charge is 0.131 e. The minimum Gasteiger partial charge on any atom is -0.302 e. The van der Waals surface area contributed by atoms with E-state index in [0.717, 1.165) is 17.4 Å². The molecule has 0 aliphatic carbocycles. The molecular formula is C15H13ClO. The summed E-state index contributed by atoms with van der Waals surface area (Å²) in [5, 5.41) is 0.683. The highest BCUT2D eigenvalue weighted by molar-refractivity contribution is 6.30. The number of aryl methyl sites for hydroxylation is 1. The Labute approximate surface area is 106 Å². The van der Waals surface area contributed by atoms with E-state index in [1.165, 1.54) is 5.56 Å². The van der Waals surface area contributed by atoms with Gasteiger partial charge in [0.25, 0.3) is 0 Å². The zero-order chi connectivity index (χ0) is 12.3. The molecule has 2 rings (SSSR count). The fourth-order valence-electron chi connectivity index (χ4n) is 1.79. The zero-order valence-corrected chi connectivity index (χ0v) is 10.3. The Bertz CT molecular complexity index is 454. The molecule has 0 fully saturated rings. The summed E-state index contributed by atoms with van der Waals surface area (Å²) in [5.41, 5.74) is 3.16. The second kappa shape index (κ2) is 5.15. The Balaban J connectivity index is 2.36. The maximum absolute atomic E-state index is 11.2. The molecule has 0 N–H and O–H groups in total. The lowest BCUT2D eigenvalue weighted by atomic mass is 9.92. The van der Waals surface area contributed by atoms with Gasteiger partial charge in [-0.1, -0.05) is 53.6 Å². The average molecular weight is 245 g/mol. The molecule has 0 amide bonds. The van der Waals surface area contributed by atoms with Crippen molar-refractivity contribution in [3.8, 4) is 0 Å². The van der Waals surface area contributed by atoms with Gasteiger partial charge in [-0.3, -0.25) is 0 Å². The molecule has 0 aliphatic heterocycles. The second-order valence-corrected chi connectivity index (χ2v) is 4.51. The first-order valence-corrected chi connectivity index (χ1v) is 5.86. The first-order chi connectivity index (χ1) is 8.20. The van der Waals surface area contributed by atoms with Gasteiger partial charge in [0.15, 0.2) is 0 Å². The van der Waals surface area contributed by atoms with E-state index < -0.39 is 0 Å². The molecule has 0 saturated heterocycles. The molecule has 2 aromatic rings. The summed E-state index contributed by atoms with van der Waals surface area (Å²) in [6.07, 6.45) is 0.966. The van der Waals surface area contributed by atoms with Gasteiger partial charge in [0.1, 0.15) is 6.29 Å². The topological polar surface area (TPSA) is 17.1 Å². The van der Waals surface area contributed by atoms with E-state index >= 15 is 0 Å². The first kappa shape index (κ1) is 11.9. The lowest BCUT2D eigenvalue weighted by molar-refractivity contribution is -0.108. The number of hydrogen-bond acceptors (Lipinski definition) is 1. The summed E-state index contributed by atoms with van der Waals surface area (Å²) < 4.78 is 0. The fourth-order valence-corrected chi connectivity index (χ4v) is 1.92. The van der Waals surface area contributed by atoms with E-state index in [2.05, 4.69) is 0 Å². The molecule has 0 aliphatic rings. The van der Waals surface area contributed by atoms with Crippen LogP contribution in [0.15, 0.2) is 48.5 Å². The van der Waals surface area contributed by atoms with Crippen LogP contribution in [0.2, 0.25) is 5.02 Å². The normalized spacial score (nSPS) is 12.1. The van der Waals surface area contributed by atoms with Crippen LogP contribution >= 0.6 is 11.6 Å².